The summed E-state index contributed by atoms with van der Waals surface area (Å²) < 4.78 is 0. The maximum absolute atomic E-state index is 11.6. The van der Waals surface area contributed by atoms with Gasteiger partial charge in [-0.1, -0.05) is 32.6 Å². The molecule has 0 saturated heterocycles. The molecule has 0 aliphatic heterocycles. The van der Waals surface area contributed by atoms with E-state index in [4.69, 9.17) is 0 Å². The van der Waals surface area contributed by atoms with Crippen LogP contribution in [0.1, 0.15) is 64.7 Å². The summed E-state index contributed by atoms with van der Waals surface area (Å²) in [5.74, 6) is 0.116. The highest BCUT2D eigenvalue weighted by Crippen LogP contribution is 2.31. The van der Waals surface area contributed by atoms with E-state index in [2.05, 4.69) is 12.2 Å². The molecule has 2 N–H and O–H groups in total. The van der Waals surface area contributed by atoms with Gasteiger partial charge < -0.3 is 10.4 Å². The molecule has 0 heterocycles. The van der Waals surface area contributed by atoms with Crippen molar-refractivity contribution < 1.29 is 9.90 Å². The fraction of sp³-hybridized carbons (Fsp3) is 0.923. The average molecular weight is 227 g/mol. The highest BCUT2D eigenvalue weighted by atomic mass is 16.3. The van der Waals surface area contributed by atoms with Gasteiger partial charge in [0, 0.05) is 6.42 Å². The van der Waals surface area contributed by atoms with E-state index < -0.39 is 0 Å². The lowest BCUT2D eigenvalue weighted by Gasteiger charge is -2.41. The van der Waals surface area contributed by atoms with Gasteiger partial charge in [-0.15, -0.1) is 0 Å². The summed E-state index contributed by atoms with van der Waals surface area (Å²) in [6.45, 7) is 2.28. The number of amides is 1. The number of carbonyl (C=O) groups excluding carboxylic acids is 1. The van der Waals surface area contributed by atoms with E-state index in [1.54, 1.807) is 0 Å². The zero-order chi connectivity index (χ0) is 11.9. The molecule has 0 aromatic carbocycles. The van der Waals surface area contributed by atoms with E-state index in [9.17, 15) is 9.90 Å². The molecule has 0 aromatic heterocycles. The molecule has 1 aliphatic rings. The Morgan fingerprint density at radius 2 is 1.94 bits per heavy atom. The van der Waals surface area contributed by atoms with Crippen LogP contribution in [0.2, 0.25) is 0 Å². The predicted octanol–water partition coefficient (Wildman–Crippen LogP) is 2.38. The second-order valence-electron chi connectivity index (χ2n) is 5.00. The number of carbonyl (C=O) groups is 1. The Balaban J connectivity index is 2.06. The number of hydrogen-bond acceptors (Lipinski definition) is 2. The predicted molar refractivity (Wildman–Crippen MR) is 65.2 cm³/mol. The number of aliphatic hydroxyl groups excluding tert-OH is 1. The molecule has 1 aliphatic carbocycles. The van der Waals surface area contributed by atoms with Gasteiger partial charge in [0.15, 0.2) is 0 Å². The fourth-order valence-corrected chi connectivity index (χ4v) is 2.17. The van der Waals surface area contributed by atoms with Gasteiger partial charge in [-0.2, -0.15) is 0 Å². The first kappa shape index (κ1) is 13.5. The Hall–Kier alpha value is -0.570. The molecular weight excluding hydrogens is 202 g/mol. The summed E-state index contributed by atoms with van der Waals surface area (Å²) in [4.78, 5) is 11.6. The largest absolute Gasteiger partial charge is 0.394 e. The minimum atomic E-state index is -0.263. The third-order valence-electron chi connectivity index (χ3n) is 3.53. The van der Waals surface area contributed by atoms with Crippen molar-refractivity contribution in [3.63, 3.8) is 0 Å². The van der Waals surface area contributed by atoms with Crippen molar-refractivity contribution in [1.82, 2.24) is 5.32 Å². The van der Waals surface area contributed by atoms with Gasteiger partial charge in [0.05, 0.1) is 12.1 Å². The molecule has 0 spiro atoms. The van der Waals surface area contributed by atoms with E-state index in [0.29, 0.717) is 6.42 Å². The Morgan fingerprint density at radius 3 is 2.44 bits per heavy atom. The van der Waals surface area contributed by atoms with Crippen molar-refractivity contribution in [2.45, 2.75) is 70.3 Å². The first-order chi connectivity index (χ1) is 7.72. The van der Waals surface area contributed by atoms with Crippen LogP contribution >= 0.6 is 0 Å². The summed E-state index contributed by atoms with van der Waals surface area (Å²) in [6, 6.07) is 0. The smallest absolute Gasteiger partial charge is 0.220 e. The lowest BCUT2D eigenvalue weighted by Crippen LogP contribution is -2.56. The van der Waals surface area contributed by atoms with E-state index in [0.717, 1.165) is 32.1 Å². The van der Waals surface area contributed by atoms with Crippen LogP contribution < -0.4 is 5.32 Å². The minimum Gasteiger partial charge on any atom is -0.394 e. The van der Waals surface area contributed by atoms with Gasteiger partial charge in [0.25, 0.3) is 0 Å². The maximum Gasteiger partial charge on any atom is 0.220 e. The lowest BCUT2D eigenvalue weighted by molar-refractivity contribution is -0.125. The normalized spacial score (nSPS) is 17.9. The van der Waals surface area contributed by atoms with Crippen LogP contribution in [-0.2, 0) is 4.79 Å². The number of nitrogens with one attached hydrogen (secondary N) is 1. The van der Waals surface area contributed by atoms with E-state index in [1.165, 1.54) is 19.3 Å². The van der Waals surface area contributed by atoms with Crippen molar-refractivity contribution in [2.75, 3.05) is 6.61 Å². The summed E-state index contributed by atoms with van der Waals surface area (Å²) >= 11 is 0. The van der Waals surface area contributed by atoms with Crippen LogP contribution in [0, 0.1) is 0 Å². The molecule has 3 heteroatoms. The van der Waals surface area contributed by atoms with E-state index in [1.807, 2.05) is 0 Å². The molecule has 0 aromatic rings. The number of aliphatic hydroxyl groups is 1. The molecule has 1 rings (SSSR count). The molecule has 0 unspecified atom stereocenters. The van der Waals surface area contributed by atoms with Crippen molar-refractivity contribution >= 4 is 5.91 Å². The van der Waals surface area contributed by atoms with E-state index >= 15 is 0 Å². The van der Waals surface area contributed by atoms with Crippen LogP contribution in [0.4, 0.5) is 0 Å². The molecule has 0 atom stereocenters. The van der Waals surface area contributed by atoms with Gasteiger partial charge in [-0.05, 0) is 25.7 Å². The fourth-order valence-electron chi connectivity index (χ4n) is 2.17. The van der Waals surface area contributed by atoms with Gasteiger partial charge >= 0.3 is 0 Å². The van der Waals surface area contributed by atoms with Gasteiger partial charge in [-0.25, -0.2) is 0 Å². The molecular formula is C13H25NO2. The monoisotopic (exact) mass is 227 g/mol. The van der Waals surface area contributed by atoms with Crippen LogP contribution in [0.5, 0.6) is 0 Å². The first-order valence-corrected chi connectivity index (χ1v) is 6.64. The van der Waals surface area contributed by atoms with Gasteiger partial charge in [-0.3, -0.25) is 4.79 Å². The Labute approximate surface area is 98.6 Å². The summed E-state index contributed by atoms with van der Waals surface area (Å²) in [7, 11) is 0. The SMILES string of the molecule is CCCCCCCC(=O)NC1(CO)CCC1. The lowest BCUT2D eigenvalue weighted by atomic mass is 9.77. The molecule has 0 bridgehead atoms. The van der Waals surface area contributed by atoms with Gasteiger partial charge in [0.2, 0.25) is 5.91 Å². The standard InChI is InChI=1S/C13H25NO2/c1-2-3-4-5-6-8-12(16)14-13(11-15)9-7-10-13/h15H,2-11H2,1H3,(H,14,16). The molecule has 94 valence electrons. The van der Waals surface area contributed by atoms with Crippen LogP contribution in [0.15, 0.2) is 0 Å². The first-order valence-electron chi connectivity index (χ1n) is 6.64. The molecule has 1 saturated carbocycles. The molecule has 0 radical (unpaired) electrons. The quantitative estimate of drug-likeness (QED) is 0.625. The van der Waals surface area contributed by atoms with Crippen molar-refractivity contribution in [1.29, 1.82) is 0 Å². The Bertz CT molecular complexity index is 206. The van der Waals surface area contributed by atoms with Crippen molar-refractivity contribution in [3.8, 4) is 0 Å². The highest BCUT2D eigenvalue weighted by Gasteiger charge is 2.37. The average Bonchev–Trinajstić information content (AvgIpc) is 2.23. The molecule has 1 amide bonds. The minimum absolute atomic E-state index is 0.0918. The molecule has 16 heavy (non-hydrogen) atoms. The van der Waals surface area contributed by atoms with Crippen LogP contribution in [-0.4, -0.2) is 23.2 Å². The second-order valence-corrected chi connectivity index (χ2v) is 5.00. The summed E-state index contributed by atoms with van der Waals surface area (Å²) in [6.07, 6.45) is 9.47. The number of rotatable bonds is 8. The van der Waals surface area contributed by atoms with Crippen molar-refractivity contribution in [2.24, 2.45) is 0 Å². The van der Waals surface area contributed by atoms with Crippen LogP contribution in [0.3, 0.4) is 0 Å². The number of hydrogen-bond donors (Lipinski definition) is 2. The second kappa shape index (κ2) is 6.89. The zero-order valence-electron chi connectivity index (χ0n) is 10.4. The molecule has 1 fully saturated rings. The summed E-state index contributed by atoms with van der Waals surface area (Å²) in [5.41, 5.74) is -0.263. The number of unbranched alkanes of at least 4 members (excludes halogenated alkanes) is 4. The molecule has 3 nitrogen and oxygen atoms in total. The highest BCUT2D eigenvalue weighted by molar-refractivity contribution is 5.76. The van der Waals surface area contributed by atoms with Gasteiger partial charge in [0.1, 0.15) is 0 Å². The Kier molecular flexibility index (Phi) is 5.81. The Morgan fingerprint density at radius 1 is 1.25 bits per heavy atom. The maximum atomic E-state index is 11.6. The topological polar surface area (TPSA) is 49.3 Å². The third kappa shape index (κ3) is 4.12. The third-order valence-corrected chi connectivity index (χ3v) is 3.53. The van der Waals surface area contributed by atoms with E-state index in [-0.39, 0.29) is 18.1 Å². The summed E-state index contributed by atoms with van der Waals surface area (Å²) in [5, 5.41) is 12.2. The zero-order valence-corrected chi connectivity index (χ0v) is 10.4. The van der Waals surface area contributed by atoms with Crippen LogP contribution in [0.25, 0.3) is 0 Å². The van der Waals surface area contributed by atoms with Crippen molar-refractivity contribution in [3.05, 3.63) is 0 Å².